The molecule has 0 aliphatic carbocycles. The van der Waals surface area contributed by atoms with Gasteiger partial charge in [-0.2, -0.15) is 0 Å². The molecule has 26 heavy (non-hydrogen) atoms. The summed E-state index contributed by atoms with van der Waals surface area (Å²) in [5.74, 6) is 1.29. The Bertz CT molecular complexity index is 748. The minimum Gasteiger partial charge on any atom is -0.491 e. The molecular formula is C24H25O2. The van der Waals surface area contributed by atoms with E-state index < -0.39 is 0 Å². The molecule has 0 aliphatic rings. The van der Waals surface area contributed by atoms with Crippen LogP contribution in [0.3, 0.4) is 0 Å². The summed E-state index contributed by atoms with van der Waals surface area (Å²) >= 11 is 0. The van der Waals surface area contributed by atoms with Gasteiger partial charge in [-0.05, 0) is 34.4 Å². The third-order valence-corrected chi connectivity index (χ3v) is 4.90. The van der Waals surface area contributed by atoms with E-state index in [-0.39, 0.29) is 25.0 Å². The van der Waals surface area contributed by atoms with E-state index in [1.165, 1.54) is 22.3 Å². The molecule has 0 amide bonds. The van der Waals surface area contributed by atoms with Crippen molar-refractivity contribution in [2.75, 3.05) is 13.2 Å². The minimum absolute atomic E-state index is 0.197. The van der Waals surface area contributed by atoms with E-state index in [1.807, 2.05) is 12.1 Å². The van der Waals surface area contributed by atoms with Gasteiger partial charge in [-0.1, -0.05) is 80.6 Å². The third kappa shape index (κ3) is 4.33. The van der Waals surface area contributed by atoms with Crippen LogP contribution in [0.25, 0.3) is 0 Å². The number of rotatable bonds is 7. The number of benzene rings is 3. The highest BCUT2D eigenvalue weighted by Crippen LogP contribution is 2.33. The van der Waals surface area contributed by atoms with Gasteiger partial charge in [-0.15, -0.1) is 0 Å². The van der Waals surface area contributed by atoms with Crippen LogP contribution in [0, 0.1) is 0 Å². The van der Waals surface area contributed by atoms with E-state index in [2.05, 4.69) is 80.6 Å². The lowest BCUT2D eigenvalue weighted by Gasteiger charge is -2.19. The Labute approximate surface area is 156 Å². The summed E-state index contributed by atoms with van der Waals surface area (Å²) in [5, 5.41) is 10.9. The summed E-state index contributed by atoms with van der Waals surface area (Å²) in [5.41, 5.74) is 4.95. The second-order valence-corrected chi connectivity index (χ2v) is 6.65. The average Bonchev–Trinajstić information content (AvgIpc) is 2.72. The summed E-state index contributed by atoms with van der Waals surface area (Å²) in [6.45, 7) is 4.38. The molecule has 0 fully saturated rings. The third-order valence-electron chi connectivity index (χ3n) is 4.90. The monoisotopic (exact) mass is 345 g/mol. The van der Waals surface area contributed by atoms with Crippen molar-refractivity contribution in [3.63, 3.8) is 0 Å². The van der Waals surface area contributed by atoms with Crippen LogP contribution in [-0.4, -0.2) is 13.2 Å². The van der Waals surface area contributed by atoms with Gasteiger partial charge in [0.05, 0.1) is 0 Å². The SMILES string of the molecule is CC(c1ccccc1)c1cc(OCC[O])cc(C(C)c2ccccc2)c1. The molecule has 2 atom stereocenters. The molecule has 2 unspecified atom stereocenters. The number of hydrogen-bond donors (Lipinski definition) is 0. The number of hydrogen-bond acceptors (Lipinski definition) is 1. The maximum Gasteiger partial charge on any atom is 0.120 e. The normalized spacial score (nSPS) is 13.2. The lowest BCUT2D eigenvalue weighted by atomic mass is 9.87. The molecule has 3 aromatic rings. The van der Waals surface area contributed by atoms with E-state index in [1.54, 1.807) is 0 Å². The molecule has 0 aliphatic heterocycles. The molecule has 0 saturated carbocycles. The molecule has 1 radical (unpaired) electrons. The van der Waals surface area contributed by atoms with Crippen LogP contribution >= 0.6 is 0 Å². The van der Waals surface area contributed by atoms with Crippen LogP contribution in [0.2, 0.25) is 0 Å². The maximum absolute atomic E-state index is 10.9. The van der Waals surface area contributed by atoms with Crippen LogP contribution in [0.4, 0.5) is 0 Å². The van der Waals surface area contributed by atoms with Crippen LogP contribution in [0.15, 0.2) is 78.9 Å². The summed E-state index contributed by atoms with van der Waals surface area (Å²) in [7, 11) is 0. The van der Waals surface area contributed by atoms with Crippen molar-refractivity contribution in [3.8, 4) is 5.75 Å². The zero-order valence-electron chi connectivity index (χ0n) is 15.4. The minimum atomic E-state index is -0.234. The predicted octanol–water partition coefficient (Wildman–Crippen LogP) is 5.80. The molecule has 133 valence electrons. The zero-order chi connectivity index (χ0) is 18.4. The fraction of sp³-hybridized carbons (Fsp3) is 0.250. The summed E-state index contributed by atoms with van der Waals surface area (Å²) in [4.78, 5) is 0. The van der Waals surface area contributed by atoms with Gasteiger partial charge in [0.25, 0.3) is 0 Å². The molecule has 0 bridgehead atoms. The van der Waals surface area contributed by atoms with Crippen molar-refractivity contribution in [1.82, 2.24) is 0 Å². The van der Waals surface area contributed by atoms with Gasteiger partial charge in [0.15, 0.2) is 0 Å². The highest BCUT2D eigenvalue weighted by Gasteiger charge is 2.15. The van der Waals surface area contributed by atoms with E-state index in [9.17, 15) is 5.11 Å². The molecule has 0 N–H and O–H groups in total. The summed E-state index contributed by atoms with van der Waals surface area (Å²) < 4.78 is 5.70. The van der Waals surface area contributed by atoms with Crippen LogP contribution in [0.1, 0.15) is 47.9 Å². The lowest BCUT2D eigenvalue weighted by Crippen LogP contribution is -2.05. The smallest absolute Gasteiger partial charge is 0.120 e. The zero-order valence-corrected chi connectivity index (χ0v) is 15.4. The molecule has 0 heterocycles. The highest BCUT2D eigenvalue weighted by atomic mass is 16.5. The second kappa shape index (κ2) is 8.68. The predicted molar refractivity (Wildman–Crippen MR) is 105 cm³/mol. The Morgan fingerprint density at radius 3 is 1.58 bits per heavy atom. The quantitative estimate of drug-likeness (QED) is 0.532. The van der Waals surface area contributed by atoms with E-state index in [0.717, 1.165) is 5.75 Å². The Morgan fingerprint density at radius 1 is 0.692 bits per heavy atom. The largest absolute Gasteiger partial charge is 0.491 e. The fourth-order valence-corrected chi connectivity index (χ4v) is 3.26. The molecule has 3 rings (SSSR count). The van der Waals surface area contributed by atoms with Crippen molar-refractivity contribution in [2.45, 2.75) is 25.7 Å². The van der Waals surface area contributed by atoms with Gasteiger partial charge in [0.2, 0.25) is 0 Å². The molecule has 2 nitrogen and oxygen atoms in total. The molecule has 2 heteroatoms. The van der Waals surface area contributed by atoms with Crippen LogP contribution in [0.5, 0.6) is 5.75 Å². The maximum atomic E-state index is 10.9. The first-order valence-electron chi connectivity index (χ1n) is 9.14. The summed E-state index contributed by atoms with van der Waals surface area (Å²) in [6, 6.07) is 27.3. The second-order valence-electron chi connectivity index (χ2n) is 6.65. The first-order valence-corrected chi connectivity index (χ1v) is 9.14. The number of ether oxygens (including phenoxy) is 1. The molecule has 0 spiro atoms. The van der Waals surface area contributed by atoms with Gasteiger partial charge in [-0.3, -0.25) is 0 Å². The van der Waals surface area contributed by atoms with E-state index in [4.69, 9.17) is 4.74 Å². The Balaban J connectivity index is 1.98. The Hall–Kier alpha value is -2.58. The lowest BCUT2D eigenvalue weighted by molar-refractivity contribution is 0.138. The molecule has 0 saturated heterocycles. The van der Waals surface area contributed by atoms with Gasteiger partial charge >= 0.3 is 0 Å². The van der Waals surface area contributed by atoms with Crippen molar-refractivity contribution in [2.24, 2.45) is 0 Å². The van der Waals surface area contributed by atoms with Crippen molar-refractivity contribution in [1.29, 1.82) is 0 Å². The highest BCUT2D eigenvalue weighted by molar-refractivity contribution is 5.44. The van der Waals surface area contributed by atoms with Gasteiger partial charge in [0, 0.05) is 11.8 Å². The van der Waals surface area contributed by atoms with Crippen molar-refractivity contribution in [3.05, 3.63) is 101 Å². The molecule has 0 aromatic heterocycles. The van der Waals surface area contributed by atoms with E-state index in [0.29, 0.717) is 0 Å². The summed E-state index contributed by atoms with van der Waals surface area (Å²) in [6.07, 6.45) is 0. The Kier molecular flexibility index (Phi) is 6.08. The van der Waals surface area contributed by atoms with Gasteiger partial charge in [-0.25, -0.2) is 5.11 Å². The molecule has 3 aromatic carbocycles. The van der Waals surface area contributed by atoms with Crippen molar-refractivity contribution < 1.29 is 9.84 Å². The fourth-order valence-electron chi connectivity index (χ4n) is 3.26. The van der Waals surface area contributed by atoms with Gasteiger partial charge in [0.1, 0.15) is 19.0 Å². The topological polar surface area (TPSA) is 29.1 Å². The van der Waals surface area contributed by atoms with Crippen LogP contribution < -0.4 is 4.74 Å². The standard InChI is InChI=1S/C24H25O2/c1-18(20-9-5-3-6-10-20)22-15-23(17-24(16-22)26-14-13-25)19(2)21-11-7-4-8-12-21/h3-12,15-19H,13-14H2,1-2H3. The van der Waals surface area contributed by atoms with Gasteiger partial charge < -0.3 is 4.74 Å². The van der Waals surface area contributed by atoms with E-state index >= 15 is 0 Å². The average molecular weight is 345 g/mol. The van der Waals surface area contributed by atoms with Crippen molar-refractivity contribution >= 4 is 0 Å². The first kappa shape index (κ1) is 18.2. The first-order chi connectivity index (χ1) is 12.7. The van der Waals surface area contributed by atoms with Crippen LogP contribution in [-0.2, 0) is 5.11 Å². The Morgan fingerprint density at radius 2 is 1.15 bits per heavy atom. The molecular weight excluding hydrogens is 320 g/mol.